The van der Waals surface area contributed by atoms with Crippen molar-refractivity contribution in [2.75, 3.05) is 6.54 Å². The molecule has 1 aromatic carbocycles. The Balaban J connectivity index is 1.70. The first-order valence-electron chi connectivity index (χ1n) is 6.28. The smallest absolute Gasteiger partial charge is 0.225 e. The fourth-order valence-electron chi connectivity index (χ4n) is 1.82. The number of thiophene rings is 1. The van der Waals surface area contributed by atoms with Gasteiger partial charge in [-0.25, -0.2) is 0 Å². The second-order valence-electron chi connectivity index (χ2n) is 4.32. The third kappa shape index (κ3) is 4.50. The van der Waals surface area contributed by atoms with Crippen LogP contribution >= 0.6 is 11.3 Å². The first kappa shape index (κ1) is 13.8. The lowest BCUT2D eigenvalue weighted by molar-refractivity contribution is -0.120. The third-order valence-corrected chi connectivity index (χ3v) is 3.72. The number of aliphatic hydroxyl groups is 1. The van der Waals surface area contributed by atoms with Crippen LogP contribution in [-0.4, -0.2) is 17.6 Å². The molecule has 19 heavy (non-hydrogen) atoms. The van der Waals surface area contributed by atoms with Crippen LogP contribution in [0.2, 0.25) is 0 Å². The number of benzene rings is 1. The van der Waals surface area contributed by atoms with E-state index < -0.39 is 6.10 Å². The van der Waals surface area contributed by atoms with E-state index in [2.05, 4.69) is 5.32 Å². The van der Waals surface area contributed by atoms with E-state index in [0.29, 0.717) is 19.4 Å². The van der Waals surface area contributed by atoms with E-state index in [1.54, 1.807) is 11.3 Å². The number of aliphatic hydroxyl groups excluding tert-OH is 1. The minimum Gasteiger partial charge on any atom is -0.388 e. The fourth-order valence-corrected chi connectivity index (χ4v) is 2.53. The van der Waals surface area contributed by atoms with Gasteiger partial charge in [0.25, 0.3) is 0 Å². The second kappa shape index (κ2) is 7.07. The van der Waals surface area contributed by atoms with E-state index in [9.17, 15) is 9.90 Å². The summed E-state index contributed by atoms with van der Waals surface area (Å²) in [5.74, 6) is 0.00251. The summed E-state index contributed by atoms with van der Waals surface area (Å²) in [5, 5.41) is 14.7. The molecular formula is C15H17NO2S. The molecule has 1 atom stereocenters. The van der Waals surface area contributed by atoms with Crippen molar-refractivity contribution in [2.24, 2.45) is 0 Å². The van der Waals surface area contributed by atoms with Crippen LogP contribution in [-0.2, 0) is 11.2 Å². The van der Waals surface area contributed by atoms with Crippen molar-refractivity contribution in [1.29, 1.82) is 0 Å². The molecule has 0 aliphatic heterocycles. The van der Waals surface area contributed by atoms with E-state index >= 15 is 0 Å². The Morgan fingerprint density at radius 3 is 2.68 bits per heavy atom. The predicted molar refractivity (Wildman–Crippen MR) is 77.1 cm³/mol. The quantitative estimate of drug-likeness (QED) is 0.851. The molecule has 0 saturated heterocycles. The van der Waals surface area contributed by atoms with Crippen molar-refractivity contribution < 1.29 is 9.90 Å². The van der Waals surface area contributed by atoms with Crippen molar-refractivity contribution >= 4 is 17.2 Å². The maximum absolute atomic E-state index is 11.6. The Kier molecular flexibility index (Phi) is 5.12. The molecule has 0 spiro atoms. The number of hydrogen-bond donors (Lipinski definition) is 2. The predicted octanol–water partition coefficient (Wildman–Crippen LogP) is 2.53. The van der Waals surface area contributed by atoms with Gasteiger partial charge < -0.3 is 10.4 Å². The summed E-state index contributed by atoms with van der Waals surface area (Å²) >= 11 is 1.58. The van der Waals surface area contributed by atoms with Gasteiger partial charge in [-0.1, -0.05) is 36.4 Å². The maximum atomic E-state index is 11.6. The highest BCUT2D eigenvalue weighted by molar-refractivity contribution is 7.10. The summed E-state index contributed by atoms with van der Waals surface area (Å²) in [6.45, 7) is 0.486. The number of carbonyl (C=O) groups excluding carboxylic acids is 1. The molecule has 4 heteroatoms. The molecule has 0 aliphatic rings. The summed E-state index contributed by atoms with van der Waals surface area (Å²) in [4.78, 5) is 12.7. The lowest BCUT2D eigenvalue weighted by atomic mass is 10.1. The van der Waals surface area contributed by atoms with Crippen molar-refractivity contribution in [3.05, 3.63) is 58.3 Å². The van der Waals surface area contributed by atoms with Crippen LogP contribution in [0.1, 0.15) is 23.0 Å². The zero-order valence-corrected chi connectivity index (χ0v) is 11.4. The van der Waals surface area contributed by atoms with Gasteiger partial charge in [-0.05, 0) is 23.4 Å². The first-order valence-corrected chi connectivity index (χ1v) is 7.16. The Morgan fingerprint density at radius 1 is 1.21 bits per heavy atom. The van der Waals surface area contributed by atoms with E-state index in [0.717, 1.165) is 10.4 Å². The molecule has 0 saturated carbocycles. The molecule has 0 aliphatic carbocycles. The van der Waals surface area contributed by atoms with Crippen LogP contribution in [0.4, 0.5) is 0 Å². The molecule has 2 aromatic rings. The van der Waals surface area contributed by atoms with E-state index in [1.165, 1.54) is 0 Å². The van der Waals surface area contributed by atoms with Crippen molar-refractivity contribution in [3.63, 3.8) is 0 Å². The second-order valence-corrected chi connectivity index (χ2v) is 5.35. The van der Waals surface area contributed by atoms with Gasteiger partial charge in [0.2, 0.25) is 5.91 Å². The molecule has 2 rings (SSSR count). The van der Waals surface area contributed by atoms with Gasteiger partial charge in [-0.2, -0.15) is 0 Å². The van der Waals surface area contributed by atoms with Crippen molar-refractivity contribution in [1.82, 2.24) is 5.32 Å². The molecule has 0 bridgehead atoms. The average Bonchev–Trinajstić information content (AvgIpc) is 2.92. The zero-order valence-electron chi connectivity index (χ0n) is 10.6. The molecule has 2 N–H and O–H groups in total. The summed E-state index contributed by atoms with van der Waals surface area (Å²) in [6.07, 6.45) is 0.419. The van der Waals surface area contributed by atoms with Gasteiger partial charge in [0.1, 0.15) is 0 Å². The van der Waals surface area contributed by atoms with Crippen LogP contribution in [0.5, 0.6) is 0 Å². The standard InChI is InChI=1S/C15H17NO2S/c17-14(12-5-2-1-3-6-12)8-9-16-15(18)11-13-7-4-10-19-13/h1-7,10,14,17H,8-9,11H2,(H,16,18)/t14-/m0/s1. The molecule has 1 aromatic heterocycles. The Bertz CT molecular complexity index is 496. The Morgan fingerprint density at radius 2 is 2.00 bits per heavy atom. The maximum Gasteiger partial charge on any atom is 0.225 e. The summed E-state index contributed by atoms with van der Waals surface area (Å²) < 4.78 is 0. The summed E-state index contributed by atoms with van der Waals surface area (Å²) in [5.41, 5.74) is 0.884. The molecule has 3 nitrogen and oxygen atoms in total. The molecular weight excluding hydrogens is 258 g/mol. The normalized spacial score (nSPS) is 12.1. The Labute approximate surface area is 116 Å². The number of rotatable bonds is 6. The van der Waals surface area contributed by atoms with Gasteiger partial charge in [0.05, 0.1) is 12.5 Å². The molecule has 100 valence electrons. The minimum absolute atomic E-state index is 0.00251. The first-order chi connectivity index (χ1) is 9.25. The van der Waals surface area contributed by atoms with Gasteiger partial charge in [0.15, 0.2) is 0 Å². The molecule has 0 fully saturated rings. The van der Waals surface area contributed by atoms with Crippen molar-refractivity contribution in [2.45, 2.75) is 18.9 Å². The highest BCUT2D eigenvalue weighted by atomic mass is 32.1. The van der Waals surface area contributed by atoms with Crippen molar-refractivity contribution in [3.8, 4) is 0 Å². The zero-order chi connectivity index (χ0) is 13.5. The van der Waals surface area contributed by atoms with Crippen LogP contribution < -0.4 is 5.32 Å². The minimum atomic E-state index is -0.525. The monoisotopic (exact) mass is 275 g/mol. The largest absolute Gasteiger partial charge is 0.388 e. The van der Waals surface area contributed by atoms with Crippen LogP contribution in [0.25, 0.3) is 0 Å². The Hall–Kier alpha value is -1.65. The molecule has 0 unspecified atom stereocenters. The number of nitrogens with one attached hydrogen (secondary N) is 1. The number of amides is 1. The highest BCUT2D eigenvalue weighted by Gasteiger charge is 2.08. The van der Waals surface area contributed by atoms with Crippen LogP contribution in [0.3, 0.4) is 0 Å². The van der Waals surface area contributed by atoms with E-state index in [1.807, 2.05) is 47.8 Å². The lowest BCUT2D eigenvalue weighted by Crippen LogP contribution is -2.26. The molecule has 1 amide bonds. The summed E-state index contributed by atoms with van der Waals surface area (Å²) in [6, 6.07) is 13.4. The third-order valence-electron chi connectivity index (χ3n) is 2.84. The van der Waals surface area contributed by atoms with Crippen LogP contribution in [0, 0.1) is 0 Å². The number of carbonyl (C=O) groups is 1. The SMILES string of the molecule is O=C(Cc1cccs1)NCC[C@H](O)c1ccccc1. The van der Waals surface area contributed by atoms with E-state index in [-0.39, 0.29) is 5.91 Å². The topological polar surface area (TPSA) is 49.3 Å². The highest BCUT2D eigenvalue weighted by Crippen LogP contribution is 2.15. The van der Waals surface area contributed by atoms with Gasteiger partial charge >= 0.3 is 0 Å². The van der Waals surface area contributed by atoms with Gasteiger partial charge in [0, 0.05) is 11.4 Å². The molecule has 0 radical (unpaired) electrons. The molecule has 1 heterocycles. The number of hydrogen-bond acceptors (Lipinski definition) is 3. The summed E-state index contributed by atoms with van der Waals surface area (Å²) in [7, 11) is 0. The fraction of sp³-hybridized carbons (Fsp3) is 0.267. The van der Waals surface area contributed by atoms with E-state index in [4.69, 9.17) is 0 Å². The van der Waals surface area contributed by atoms with Gasteiger partial charge in [-0.3, -0.25) is 4.79 Å². The average molecular weight is 275 g/mol. The van der Waals surface area contributed by atoms with Gasteiger partial charge in [-0.15, -0.1) is 11.3 Å². The lowest BCUT2D eigenvalue weighted by Gasteiger charge is -2.11. The van der Waals surface area contributed by atoms with Crippen LogP contribution in [0.15, 0.2) is 47.8 Å².